The van der Waals surface area contributed by atoms with E-state index < -0.39 is 0 Å². The number of rotatable bonds is 2. The Kier molecular flexibility index (Phi) is 4.05. The maximum atomic E-state index is 6.31. The third-order valence-corrected chi connectivity index (χ3v) is 6.87. The maximum Gasteiger partial charge on any atom is 0.460 e. The van der Waals surface area contributed by atoms with Crippen LogP contribution in [0.1, 0.15) is 74.7 Å². The minimum Gasteiger partial charge on any atom is -0.403 e. The molecular formula is C17H32B2O4. The van der Waals surface area contributed by atoms with Gasteiger partial charge in [-0.1, -0.05) is 19.3 Å². The van der Waals surface area contributed by atoms with Crippen LogP contribution in [0.4, 0.5) is 0 Å². The van der Waals surface area contributed by atoms with Crippen molar-refractivity contribution in [3.05, 3.63) is 0 Å². The first-order valence-electron chi connectivity index (χ1n) is 9.08. The van der Waals surface area contributed by atoms with Crippen LogP contribution < -0.4 is 0 Å². The Morgan fingerprint density at radius 1 is 0.565 bits per heavy atom. The molecule has 0 bridgehead atoms. The van der Waals surface area contributed by atoms with Crippen LogP contribution in [0, 0.1) is 0 Å². The van der Waals surface area contributed by atoms with E-state index in [2.05, 4.69) is 55.4 Å². The first-order valence-corrected chi connectivity index (χ1v) is 9.08. The van der Waals surface area contributed by atoms with Crippen LogP contribution >= 0.6 is 0 Å². The molecule has 0 N–H and O–H groups in total. The van der Waals surface area contributed by atoms with E-state index in [0.717, 1.165) is 12.8 Å². The third kappa shape index (κ3) is 2.80. The Hall–Kier alpha value is -0.0301. The summed E-state index contributed by atoms with van der Waals surface area (Å²) >= 11 is 0. The van der Waals surface area contributed by atoms with Crippen molar-refractivity contribution in [2.24, 2.45) is 0 Å². The van der Waals surface area contributed by atoms with E-state index in [1.807, 2.05) is 0 Å². The van der Waals surface area contributed by atoms with Crippen molar-refractivity contribution in [2.45, 2.75) is 109 Å². The largest absolute Gasteiger partial charge is 0.460 e. The van der Waals surface area contributed by atoms with E-state index in [9.17, 15) is 0 Å². The summed E-state index contributed by atoms with van der Waals surface area (Å²) in [4.78, 5) is 0. The van der Waals surface area contributed by atoms with Crippen molar-refractivity contribution in [3.63, 3.8) is 0 Å². The highest BCUT2D eigenvalue weighted by atomic mass is 16.7. The molecule has 3 aliphatic rings. The van der Waals surface area contributed by atoms with Crippen LogP contribution in [0.15, 0.2) is 0 Å². The average Bonchev–Trinajstić information content (AvgIpc) is 2.96. The van der Waals surface area contributed by atoms with Crippen LogP contribution in [0.5, 0.6) is 0 Å². The molecule has 0 aromatic carbocycles. The van der Waals surface area contributed by atoms with Gasteiger partial charge < -0.3 is 18.6 Å². The summed E-state index contributed by atoms with van der Waals surface area (Å²) in [6.07, 6.45) is 3.42. The van der Waals surface area contributed by atoms with E-state index in [-0.39, 0.29) is 36.6 Å². The standard InChI is InChI=1S/C17H32B2O4/c1-14(2)15(3,4)21-18(20-14)12-10-9-11-13(12)19-22-16(5,6)17(7,8)23-19/h12-13H,9-11H2,1-8H3/t12-,13+. The van der Waals surface area contributed by atoms with E-state index in [0.29, 0.717) is 11.6 Å². The fourth-order valence-electron chi connectivity index (χ4n) is 3.82. The highest BCUT2D eigenvalue weighted by Gasteiger charge is 2.61. The summed E-state index contributed by atoms with van der Waals surface area (Å²) in [7, 11) is -0.321. The van der Waals surface area contributed by atoms with Crippen LogP contribution in [-0.2, 0) is 18.6 Å². The lowest BCUT2D eigenvalue weighted by molar-refractivity contribution is 0.00578. The van der Waals surface area contributed by atoms with Crippen molar-refractivity contribution in [1.29, 1.82) is 0 Å². The molecule has 0 aromatic rings. The molecule has 23 heavy (non-hydrogen) atoms. The minimum atomic E-state index is -0.277. The van der Waals surface area contributed by atoms with Crippen LogP contribution in [-0.4, -0.2) is 36.6 Å². The lowest BCUT2D eigenvalue weighted by atomic mass is 9.54. The van der Waals surface area contributed by atoms with Gasteiger partial charge in [0.05, 0.1) is 22.4 Å². The van der Waals surface area contributed by atoms with Crippen LogP contribution in [0.3, 0.4) is 0 Å². The Balaban J connectivity index is 1.75. The molecule has 2 saturated heterocycles. The van der Waals surface area contributed by atoms with Crippen LogP contribution in [0.25, 0.3) is 0 Å². The zero-order chi connectivity index (χ0) is 17.3. The Labute approximate surface area is 142 Å². The molecule has 1 saturated carbocycles. The summed E-state index contributed by atoms with van der Waals surface area (Å²) in [6, 6.07) is 0. The van der Waals surface area contributed by atoms with Gasteiger partial charge in [0.2, 0.25) is 0 Å². The molecule has 0 radical (unpaired) electrons. The highest BCUT2D eigenvalue weighted by Crippen LogP contribution is 2.54. The van der Waals surface area contributed by atoms with E-state index in [1.165, 1.54) is 6.42 Å². The number of hydrogen-bond acceptors (Lipinski definition) is 4. The highest BCUT2D eigenvalue weighted by molar-refractivity contribution is 6.55. The summed E-state index contributed by atoms with van der Waals surface area (Å²) < 4.78 is 25.2. The van der Waals surface area contributed by atoms with Gasteiger partial charge in [-0.3, -0.25) is 0 Å². The van der Waals surface area contributed by atoms with E-state index in [4.69, 9.17) is 18.6 Å². The zero-order valence-electron chi connectivity index (χ0n) is 16.1. The molecular weight excluding hydrogens is 290 g/mol. The van der Waals surface area contributed by atoms with E-state index >= 15 is 0 Å². The summed E-state index contributed by atoms with van der Waals surface area (Å²) in [5.41, 5.74) is -1.11. The molecule has 0 spiro atoms. The van der Waals surface area contributed by atoms with Gasteiger partial charge in [0, 0.05) is 0 Å². The molecule has 130 valence electrons. The molecule has 4 nitrogen and oxygen atoms in total. The van der Waals surface area contributed by atoms with Gasteiger partial charge in [-0.05, 0) is 67.0 Å². The fraction of sp³-hybridized carbons (Fsp3) is 1.00. The Bertz CT molecular complexity index is 401. The van der Waals surface area contributed by atoms with Gasteiger partial charge >= 0.3 is 14.2 Å². The molecule has 2 aliphatic heterocycles. The molecule has 3 rings (SSSR count). The molecule has 2 heterocycles. The monoisotopic (exact) mass is 322 g/mol. The quantitative estimate of drug-likeness (QED) is 0.718. The van der Waals surface area contributed by atoms with Crippen LogP contribution in [0.2, 0.25) is 11.6 Å². The maximum absolute atomic E-state index is 6.31. The minimum absolute atomic E-state index is 0.161. The topological polar surface area (TPSA) is 36.9 Å². The van der Waals surface area contributed by atoms with E-state index in [1.54, 1.807) is 0 Å². The first-order chi connectivity index (χ1) is 10.4. The van der Waals surface area contributed by atoms with Gasteiger partial charge in [-0.15, -0.1) is 0 Å². The lowest BCUT2D eigenvalue weighted by Gasteiger charge is -2.32. The van der Waals surface area contributed by atoms with Crippen molar-refractivity contribution >= 4 is 14.2 Å². The molecule has 6 heteroatoms. The predicted octanol–water partition coefficient (Wildman–Crippen LogP) is 4.10. The third-order valence-electron chi connectivity index (χ3n) is 6.87. The summed E-state index contributed by atoms with van der Waals surface area (Å²) in [5, 5.41) is 0. The SMILES string of the molecule is CC1(C)OB([C@H]2CCC[C@H]2B2OC(C)(C)C(C)(C)O2)OC1(C)C. The zero-order valence-corrected chi connectivity index (χ0v) is 16.1. The fourth-order valence-corrected chi connectivity index (χ4v) is 3.82. The van der Waals surface area contributed by atoms with Crippen molar-refractivity contribution in [1.82, 2.24) is 0 Å². The molecule has 3 fully saturated rings. The second kappa shape index (κ2) is 5.23. The van der Waals surface area contributed by atoms with Gasteiger partial charge in [0.25, 0.3) is 0 Å². The molecule has 1 aliphatic carbocycles. The molecule has 0 amide bonds. The normalized spacial score (nSPS) is 37.6. The predicted molar refractivity (Wildman–Crippen MR) is 93.5 cm³/mol. The molecule has 0 aromatic heterocycles. The first kappa shape index (κ1) is 17.8. The molecule has 0 unspecified atom stereocenters. The van der Waals surface area contributed by atoms with Gasteiger partial charge in [-0.25, -0.2) is 0 Å². The average molecular weight is 322 g/mol. The van der Waals surface area contributed by atoms with Gasteiger partial charge in [0.1, 0.15) is 0 Å². The smallest absolute Gasteiger partial charge is 0.403 e. The van der Waals surface area contributed by atoms with Gasteiger partial charge in [0.15, 0.2) is 0 Å². The van der Waals surface area contributed by atoms with Crippen molar-refractivity contribution in [2.75, 3.05) is 0 Å². The Morgan fingerprint density at radius 3 is 1.09 bits per heavy atom. The number of hydrogen-bond donors (Lipinski definition) is 0. The van der Waals surface area contributed by atoms with Gasteiger partial charge in [-0.2, -0.15) is 0 Å². The second-order valence-electron chi connectivity index (χ2n) is 9.51. The molecule has 2 atom stereocenters. The van der Waals surface area contributed by atoms with Crippen molar-refractivity contribution < 1.29 is 18.6 Å². The summed E-state index contributed by atoms with van der Waals surface area (Å²) in [6.45, 7) is 16.9. The lowest BCUT2D eigenvalue weighted by Crippen LogP contribution is -2.41. The Morgan fingerprint density at radius 2 is 0.826 bits per heavy atom. The van der Waals surface area contributed by atoms with Crippen molar-refractivity contribution in [3.8, 4) is 0 Å². The summed E-state index contributed by atoms with van der Waals surface area (Å²) in [5.74, 6) is 0.677. The second-order valence-corrected chi connectivity index (χ2v) is 9.51.